The molecule has 6 heteroatoms. The molecule has 1 aromatic carbocycles. The number of likely N-dealkylation sites (tertiary alicyclic amines) is 1. The van der Waals surface area contributed by atoms with Crippen molar-refractivity contribution >= 4 is 5.91 Å². The number of hydrogen-bond donors (Lipinski definition) is 0. The monoisotopic (exact) mass is 346 g/mol. The smallest absolute Gasteiger partial charge is 0.253 e. The molecule has 0 atom stereocenters. The van der Waals surface area contributed by atoms with Crippen molar-refractivity contribution in [1.82, 2.24) is 9.80 Å². The normalized spacial score (nSPS) is 21.5. The summed E-state index contributed by atoms with van der Waals surface area (Å²) in [6.45, 7) is 6.93. The molecule has 0 N–H and O–H groups in total. The molecule has 136 valence electrons. The SMILES string of the molecule is O=C(c1ccc2c(c1)OCO2)N1CCC(CCN2CCOCC2)CC1. The third-order valence-electron chi connectivity index (χ3n) is 5.48. The van der Waals surface area contributed by atoms with E-state index in [1.807, 2.05) is 17.0 Å². The molecule has 3 aliphatic rings. The van der Waals surface area contributed by atoms with Crippen LogP contribution in [0.2, 0.25) is 0 Å². The van der Waals surface area contributed by atoms with E-state index in [-0.39, 0.29) is 12.7 Å². The molecule has 2 fully saturated rings. The summed E-state index contributed by atoms with van der Waals surface area (Å²) < 4.78 is 16.1. The molecule has 4 rings (SSSR count). The van der Waals surface area contributed by atoms with Gasteiger partial charge in [-0.2, -0.15) is 0 Å². The van der Waals surface area contributed by atoms with E-state index in [1.165, 1.54) is 6.42 Å². The Kier molecular flexibility index (Phi) is 5.08. The Morgan fingerprint density at radius 3 is 2.60 bits per heavy atom. The predicted octanol–water partition coefficient (Wildman–Crippen LogP) is 1.99. The van der Waals surface area contributed by atoms with Gasteiger partial charge in [-0.1, -0.05) is 0 Å². The van der Waals surface area contributed by atoms with Gasteiger partial charge in [-0.3, -0.25) is 9.69 Å². The molecule has 0 bridgehead atoms. The average molecular weight is 346 g/mol. The lowest BCUT2D eigenvalue weighted by molar-refractivity contribution is 0.0332. The second-order valence-electron chi connectivity index (χ2n) is 7.05. The van der Waals surface area contributed by atoms with Crippen LogP contribution in [0.1, 0.15) is 29.6 Å². The van der Waals surface area contributed by atoms with Gasteiger partial charge >= 0.3 is 0 Å². The van der Waals surface area contributed by atoms with Gasteiger partial charge in [-0.05, 0) is 49.9 Å². The summed E-state index contributed by atoms with van der Waals surface area (Å²) in [5.74, 6) is 2.22. The minimum atomic E-state index is 0.102. The number of piperidine rings is 1. The molecule has 0 aliphatic carbocycles. The number of carbonyl (C=O) groups excluding carboxylic acids is 1. The number of ether oxygens (including phenoxy) is 3. The van der Waals surface area contributed by atoms with Gasteiger partial charge in [-0.25, -0.2) is 0 Å². The highest BCUT2D eigenvalue weighted by Crippen LogP contribution is 2.33. The van der Waals surface area contributed by atoms with Crippen molar-refractivity contribution in [2.75, 3.05) is 52.7 Å². The maximum atomic E-state index is 12.7. The van der Waals surface area contributed by atoms with E-state index in [1.54, 1.807) is 6.07 Å². The number of morpholine rings is 1. The second-order valence-corrected chi connectivity index (χ2v) is 7.05. The van der Waals surface area contributed by atoms with Crippen molar-refractivity contribution in [2.24, 2.45) is 5.92 Å². The molecular weight excluding hydrogens is 320 g/mol. The number of hydrogen-bond acceptors (Lipinski definition) is 5. The van der Waals surface area contributed by atoms with Gasteiger partial charge in [0.05, 0.1) is 13.2 Å². The van der Waals surface area contributed by atoms with Crippen LogP contribution in [0, 0.1) is 5.92 Å². The Balaban J connectivity index is 1.26. The van der Waals surface area contributed by atoms with E-state index < -0.39 is 0 Å². The first-order chi connectivity index (χ1) is 12.3. The molecule has 2 saturated heterocycles. The van der Waals surface area contributed by atoms with Gasteiger partial charge in [0.1, 0.15) is 0 Å². The molecule has 3 heterocycles. The molecule has 3 aliphatic heterocycles. The highest BCUT2D eigenvalue weighted by molar-refractivity contribution is 5.95. The number of carbonyl (C=O) groups is 1. The van der Waals surface area contributed by atoms with Crippen LogP contribution in [0.25, 0.3) is 0 Å². The third-order valence-corrected chi connectivity index (χ3v) is 5.48. The summed E-state index contributed by atoms with van der Waals surface area (Å²) >= 11 is 0. The van der Waals surface area contributed by atoms with Crippen molar-refractivity contribution in [3.63, 3.8) is 0 Å². The highest BCUT2D eigenvalue weighted by atomic mass is 16.7. The zero-order valence-corrected chi connectivity index (χ0v) is 14.6. The standard InChI is InChI=1S/C19H26N2O4/c22-19(16-1-2-17-18(13-16)25-14-24-17)21-7-4-15(5-8-21)3-6-20-9-11-23-12-10-20/h1-2,13,15H,3-12,14H2. The van der Waals surface area contributed by atoms with Gasteiger partial charge in [0.2, 0.25) is 6.79 Å². The lowest BCUT2D eigenvalue weighted by atomic mass is 9.93. The number of amides is 1. The Hall–Kier alpha value is -1.79. The summed E-state index contributed by atoms with van der Waals surface area (Å²) in [4.78, 5) is 17.2. The molecule has 6 nitrogen and oxygen atoms in total. The van der Waals surface area contributed by atoms with Crippen LogP contribution < -0.4 is 9.47 Å². The van der Waals surface area contributed by atoms with E-state index in [4.69, 9.17) is 14.2 Å². The topological polar surface area (TPSA) is 51.2 Å². The number of benzene rings is 1. The third kappa shape index (κ3) is 3.90. The van der Waals surface area contributed by atoms with Crippen molar-refractivity contribution in [1.29, 1.82) is 0 Å². The molecule has 0 spiro atoms. The van der Waals surface area contributed by atoms with Gasteiger partial charge in [0.25, 0.3) is 5.91 Å². The second kappa shape index (κ2) is 7.62. The lowest BCUT2D eigenvalue weighted by Crippen LogP contribution is -2.40. The molecular formula is C19H26N2O4. The zero-order valence-electron chi connectivity index (χ0n) is 14.6. The Morgan fingerprint density at radius 2 is 1.80 bits per heavy atom. The molecule has 0 radical (unpaired) electrons. The van der Waals surface area contributed by atoms with Gasteiger partial charge < -0.3 is 19.1 Å². The van der Waals surface area contributed by atoms with Crippen LogP contribution in [0.5, 0.6) is 11.5 Å². The van der Waals surface area contributed by atoms with Gasteiger partial charge in [-0.15, -0.1) is 0 Å². The van der Waals surface area contributed by atoms with Crippen LogP contribution in [-0.2, 0) is 4.74 Å². The van der Waals surface area contributed by atoms with Gasteiger partial charge in [0, 0.05) is 31.7 Å². The molecule has 0 aromatic heterocycles. The molecule has 1 aromatic rings. The summed E-state index contributed by atoms with van der Waals surface area (Å²) in [5, 5.41) is 0. The number of fused-ring (bicyclic) bond motifs is 1. The molecule has 1 amide bonds. The van der Waals surface area contributed by atoms with E-state index in [9.17, 15) is 4.79 Å². The van der Waals surface area contributed by atoms with Crippen LogP contribution in [0.4, 0.5) is 0 Å². The van der Waals surface area contributed by atoms with E-state index in [2.05, 4.69) is 4.90 Å². The van der Waals surface area contributed by atoms with E-state index in [0.717, 1.165) is 70.4 Å². The van der Waals surface area contributed by atoms with Crippen LogP contribution in [0.15, 0.2) is 18.2 Å². The molecule has 0 saturated carbocycles. The number of nitrogens with zero attached hydrogens (tertiary/aromatic N) is 2. The summed E-state index contributed by atoms with van der Waals surface area (Å²) in [6, 6.07) is 5.46. The Bertz CT molecular complexity index is 607. The first-order valence-electron chi connectivity index (χ1n) is 9.28. The van der Waals surface area contributed by atoms with E-state index in [0.29, 0.717) is 11.3 Å². The fourth-order valence-corrected chi connectivity index (χ4v) is 3.83. The largest absolute Gasteiger partial charge is 0.454 e. The Labute approximate surface area is 148 Å². The van der Waals surface area contributed by atoms with Crippen molar-refractivity contribution in [3.05, 3.63) is 23.8 Å². The minimum absolute atomic E-state index is 0.102. The summed E-state index contributed by atoms with van der Waals surface area (Å²) in [6.07, 6.45) is 3.42. The van der Waals surface area contributed by atoms with Crippen LogP contribution >= 0.6 is 0 Å². The Morgan fingerprint density at radius 1 is 1.04 bits per heavy atom. The van der Waals surface area contributed by atoms with Gasteiger partial charge in [0.15, 0.2) is 11.5 Å². The summed E-state index contributed by atoms with van der Waals surface area (Å²) in [7, 11) is 0. The molecule has 25 heavy (non-hydrogen) atoms. The fourth-order valence-electron chi connectivity index (χ4n) is 3.83. The first kappa shape index (κ1) is 16.7. The molecule has 0 unspecified atom stereocenters. The quantitative estimate of drug-likeness (QED) is 0.835. The van der Waals surface area contributed by atoms with E-state index >= 15 is 0 Å². The van der Waals surface area contributed by atoms with Crippen molar-refractivity contribution in [3.8, 4) is 11.5 Å². The average Bonchev–Trinajstić information content (AvgIpc) is 3.15. The maximum absolute atomic E-state index is 12.7. The fraction of sp³-hybridized carbons (Fsp3) is 0.632. The predicted molar refractivity (Wildman–Crippen MR) is 93.1 cm³/mol. The van der Waals surface area contributed by atoms with Crippen LogP contribution in [-0.4, -0.2) is 68.4 Å². The van der Waals surface area contributed by atoms with Crippen molar-refractivity contribution < 1.29 is 19.0 Å². The van der Waals surface area contributed by atoms with Crippen molar-refractivity contribution in [2.45, 2.75) is 19.3 Å². The lowest BCUT2D eigenvalue weighted by Gasteiger charge is -2.34. The zero-order chi connectivity index (χ0) is 17.1. The number of rotatable bonds is 4. The minimum Gasteiger partial charge on any atom is -0.454 e. The summed E-state index contributed by atoms with van der Waals surface area (Å²) in [5.41, 5.74) is 0.691. The maximum Gasteiger partial charge on any atom is 0.253 e. The van der Waals surface area contributed by atoms with Crippen LogP contribution in [0.3, 0.4) is 0 Å². The highest BCUT2D eigenvalue weighted by Gasteiger charge is 2.25. The first-order valence-corrected chi connectivity index (χ1v) is 9.28.